The van der Waals surface area contributed by atoms with E-state index in [1.54, 1.807) is 55.2 Å². The molecule has 0 fully saturated rings. The zero-order chi connectivity index (χ0) is 29.2. The predicted molar refractivity (Wildman–Crippen MR) is 162 cm³/mol. The van der Waals surface area contributed by atoms with Gasteiger partial charge in [0.05, 0.1) is 48.0 Å². The van der Waals surface area contributed by atoms with Crippen LogP contribution < -0.4 is 15.0 Å². The molecule has 2 aliphatic heterocycles. The summed E-state index contributed by atoms with van der Waals surface area (Å²) < 4.78 is 25.8. The van der Waals surface area contributed by atoms with Gasteiger partial charge in [0.15, 0.2) is 5.16 Å². The number of aryl methyl sites for hydroxylation is 1. The SMILES string of the molecule is COc1ccc(C2=NN(C(=O)CSc3nc4c(c(=O)n3-c3ccc(OC)cc3)SCC4)C(c3ccc(F)cc3)C2)cc1. The maximum atomic E-state index is 13.8. The van der Waals surface area contributed by atoms with Gasteiger partial charge in [-0.25, -0.2) is 14.4 Å². The lowest BCUT2D eigenvalue weighted by Crippen LogP contribution is -2.29. The summed E-state index contributed by atoms with van der Waals surface area (Å²) >= 11 is 2.71. The smallest absolute Gasteiger partial charge is 0.272 e. The van der Waals surface area contributed by atoms with Crippen LogP contribution in [0.1, 0.15) is 29.3 Å². The van der Waals surface area contributed by atoms with E-state index in [-0.39, 0.29) is 23.0 Å². The molecule has 214 valence electrons. The lowest BCUT2D eigenvalue weighted by atomic mass is 9.98. The Morgan fingerprint density at radius 1 is 1.00 bits per heavy atom. The molecule has 0 aliphatic carbocycles. The van der Waals surface area contributed by atoms with Crippen LogP contribution in [-0.4, -0.2) is 51.9 Å². The summed E-state index contributed by atoms with van der Waals surface area (Å²) in [7, 11) is 3.19. The fourth-order valence-electron chi connectivity index (χ4n) is 4.98. The topological polar surface area (TPSA) is 86.0 Å². The van der Waals surface area contributed by atoms with Gasteiger partial charge < -0.3 is 9.47 Å². The summed E-state index contributed by atoms with van der Waals surface area (Å²) in [5, 5.41) is 6.64. The van der Waals surface area contributed by atoms with Crippen molar-refractivity contribution >= 4 is 35.1 Å². The van der Waals surface area contributed by atoms with E-state index in [1.165, 1.54) is 40.7 Å². The van der Waals surface area contributed by atoms with Crippen molar-refractivity contribution in [1.82, 2.24) is 14.6 Å². The maximum absolute atomic E-state index is 13.8. The molecule has 2 aliphatic rings. The molecule has 42 heavy (non-hydrogen) atoms. The van der Waals surface area contributed by atoms with Crippen LogP contribution in [0.2, 0.25) is 0 Å². The van der Waals surface area contributed by atoms with Crippen molar-refractivity contribution in [3.8, 4) is 17.2 Å². The summed E-state index contributed by atoms with van der Waals surface area (Å²) in [5.41, 5.74) is 3.65. The number of hydrazone groups is 1. The number of fused-ring (bicyclic) bond motifs is 1. The lowest BCUT2D eigenvalue weighted by Gasteiger charge is -2.22. The van der Waals surface area contributed by atoms with Gasteiger partial charge in [-0.05, 0) is 71.8 Å². The van der Waals surface area contributed by atoms with Crippen molar-refractivity contribution in [2.75, 3.05) is 25.7 Å². The Bertz CT molecular complexity index is 1710. The fraction of sp³-hybridized carbons (Fsp3) is 0.226. The largest absolute Gasteiger partial charge is 0.497 e. The standard InChI is InChI=1S/C31H27FN4O4S2/c1-39-23-11-5-19(6-12-23)26-17-27(20-3-7-21(32)8-4-20)36(34-26)28(37)18-42-31-33-25-15-16-41-29(25)30(38)35(31)22-9-13-24(40-2)14-10-22/h3-14,27H,15-18H2,1-2H3. The molecule has 1 aromatic heterocycles. The van der Waals surface area contributed by atoms with Gasteiger partial charge in [-0.3, -0.25) is 14.2 Å². The Morgan fingerprint density at radius 2 is 1.67 bits per heavy atom. The summed E-state index contributed by atoms with van der Waals surface area (Å²) in [6.07, 6.45) is 1.17. The second kappa shape index (κ2) is 12.0. The Kier molecular flexibility index (Phi) is 8.03. The van der Waals surface area contributed by atoms with E-state index in [0.29, 0.717) is 34.3 Å². The van der Waals surface area contributed by atoms with Crippen LogP contribution in [0.5, 0.6) is 11.5 Å². The van der Waals surface area contributed by atoms with Crippen molar-refractivity contribution in [3.05, 3.63) is 106 Å². The molecule has 11 heteroatoms. The van der Waals surface area contributed by atoms with Gasteiger partial charge in [0.2, 0.25) is 0 Å². The number of thioether (sulfide) groups is 2. The molecule has 8 nitrogen and oxygen atoms in total. The molecule has 0 N–H and O–H groups in total. The molecule has 4 aromatic rings. The minimum atomic E-state index is -0.399. The molecule has 6 rings (SSSR count). The average molecular weight is 603 g/mol. The van der Waals surface area contributed by atoms with E-state index in [9.17, 15) is 14.0 Å². The number of amides is 1. The van der Waals surface area contributed by atoms with E-state index < -0.39 is 6.04 Å². The molecule has 3 heterocycles. The zero-order valence-corrected chi connectivity index (χ0v) is 24.6. The van der Waals surface area contributed by atoms with Crippen LogP contribution in [0.25, 0.3) is 5.69 Å². The van der Waals surface area contributed by atoms with Gasteiger partial charge in [0.25, 0.3) is 11.5 Å². The van der Waals surface area contributed by atoms with Gasteiger partial charge >= 0.3 is 0 Å². The van der Waals surface area contributed by atoms with E-state index >= 15 is 0 Å². The van der Waals surface area contributed by atoms with Crippen molar-refractivity contribution in [1.29, 1.82) is 0 Å². The number of benzene rings is 3. The third-order valence-electron chi connectivity index (χ3n) is 7.17. The minimum absolute atomic E-state index is 0.00557. The number of nitrogens with zero attached hydrogens (tertiary/aromatic N) is 4. The number of rotatable bonds is 8. The number of carbonyl (C=O) groups is 1. The normalized spacial score (nSPS) is 15.8. The molecule has 0 saturated carbocycles. The number of carbonyl (C=O) groups excluding carboxylic acids is 1. The lowest BCUT2D eigenvalue weighted by molar-refractivity contribution is -0.130. The minimum Gasteiger partial charge on any atom is -0.497 e. The molecular weight excluding hydrogens is 575 g/mol. The Balaban J connectivity index is 1.31. The number of ether oxygens (including phenoxy) is 2. The molecular formula is C31H27FN4O4S2. The zero-order valence-electron chi connectivity index (χ0n) is 23.0. The van der Waals surface area contributed by atoms with Gasteiger partial charge in [-0.2, -0.15) is 5.10 Å². The molecule has 1 amide bonds. The van der Waals surface area contributed by atoms with Crippen LogP contribution in [0.3, 0.4) is 0 Å². The van der Waals surface area contributed by atoms with Crippen LogP contribution in [0.15, 0.2) is 92.7 Å². The van der Waals surface area contributed by atoms with Crippen LogP contribution in [0, 0.1) is 5.82 Å². The highest BCUT2D eigenvalue weighted by molar-refractivity contribution is 8.00. The molecule has 3 aromatic carbocycles. The number of hydrogen-bond donors (Lipinski definition) is 0. The highest BCUT2D eigenvalue weighted by Gasteiger charge is 2.33. The first kappa shape index (κ1) is 28.0. The second-order valence-electron chi connectivity index (χ2n) is 9.68. The van der Waals surface area contributed by atoms with E-state index in [4.69, 9.17) is 19.6 Å². The van der Waals surface area contributed by atoms with Crippen molar-refractivity contribution < 1.29 is 18.7 Å². The van der Waals surface area contributed by atoms with Crippen LogP contribution in [0.4, 0.5) is 4.39 Å². The maximum Gasteiger partial charge on any atom is 0.272 e. The first-order chi connectivity index (χ1) is 20.4. The van der Waals surface area contributed by atoms with E-state index in [0.717, 1.165) is 34.0 Å². The Morgan fingerprint density at radius 3 is 2.33 bits per heavy atom. The number of halogens is 1. The predicted octanol–water partition coefficient (Wildman–Crippen LogP) is 5.51. The van der Waals surface area contributed by atoms with E-state index in [2.05, 4.69) is 0 Å². The first-order valence-corrected chi connectivity index (χ1v) is 15.3. The third kappa shape index (κ3) is 5.54. The van der Waals surface area contributed by atoms with Gasteiger partial charge in [-0.15, -0.1) is 11.8 Å². The summed E-state index contributed by atoms with van der Waals surface area (Å²) in [6.45, 7) is 0. The third-order valence-corrected chi connectivity index (χ3v) is 9.20. The molecule has 1 unspecified atom stereocenters. The highest BCUT2D eigenvalue weighted by atomic mass is 32.2. The molecule has 0 bridgehead atoms. The fourth-order valence-corrected chi connectivity index (χ4v) is 6.89. The van der Waals surface area contributed by atoms with Crippen molar-refractivity contribution in [2.24, 2.45) is 5.10 Å². The summed E-state index contributed by atoms with van der Waals surface area (Å²) in [6, 6.07) is 20.4. The quantitative estimate of drug-likeness (QED) is 0.194. The van der Waals surface area contributed by atoms with E-state index in [1.807, 2.05) is 24.3 Å². The van der Waals surface area contributed by atoms with Gasteiger partial charge in [0, 0.05) is 18.6 Å². The average Bonchev–Trinajstić information content (AvgIpc) is 3.69. The van der Waals surface area contributed by atoms with Crippen LogP contribution in [-0.2, 0) is 11.2 Å². The summed E-state index contributed by atoms with van der Waals surface area (Å²) in [5.74, 6) is 1.60. The number of hydrogen-bond acceptors (Lipinski definition) is 8. The van der Waals surface area contributed by atoms with Crippen LogP contribution >= 0.6 is 23.5 Å². The molecule has 0 spiro atoms. The monoisotopic (exact) mass is 602 g/mol. The number of methoxy groups -OCH3 is 2. The first-order valence-electron chi connectivity index (χ1n) is 13.3. The molecule has 1 atom stereocenters. The molecule has 0 saturated heterocycles. The second-order valence-corrected chi connectivity index (χ2v) is 11.7. The summed E-state index contributed by atoms with van der Waals surface area (Å²) in [4.78, 5) is 32.8. The number of aromatic nitrogens is 2. The van der Waals surface area contributed by atoms with Gasteiger partial charge in [-0.1, -0.05) is 23.9 Å². The van der Waals surface area contributed by atoms with Crippen molar-refractivity contribution in [3.63, 3.8) is 0 Å². The highest BCUT2D eigenvalue weighted by Crippen LogP contribution is 2.35. The van der Waals surface area contributed by atoms with Gasteiger partial charge in [0.1, 0.15) is 17.3 Å². The Hall–Kier alpha value is -4.09. The molecule has 0 radical (unpaired) electrons. The Labute approximate surface area is 250 Å². The van der Waals surface area contributed by atoms with Crippen molar-refractivity contribution in [2.45, 2.75) is 28.9 Å².